The van der Waals surface area contributed by atoms with Crippen molar-refractivity contribution in [1.82, 2.24) is 20.6 Å². The van der Waals surface area contributed by atoms with Crippen LogP contribution in [0.3, 0.4) is 0 Å². The molecule has 19 heavy (non-hydrogen) atoms. The largest absolute Gasteiger partial charge is 0.372 e. The first-order valence-corrected chi connectivity index (χ1v) is 6.05. The smallest absolute Gasteiger partial charge is 0.272 e. The van der Waals surface area contributed by atoms with Crippen LogP contribution in [0.15, 0.2) is 12.4 Å². The summed E-state index contributed by atoms with van der Waals surface area (Å²) in [6, 6.07) is -0.595. The molecule has 1 atom stereocenters. The lowest BCUT2D eigenvalue weighted by Gasteiger charge is -2.15. The van der Waals surface area contributed by atoms with Crippen LogP contribution in [0.4, 0.5) is 5.82 Å². The average Bonchev–Trinajstić information content (AvgIpc) is 2.37. The molecule has 3 N–H and O–H groups in total. The number of nitrogens with zero attached hydrogens (tertiary/aromatic N) is 2. The molecular formula is C12H19N5O2. The van der Waals surface area contributed by atoms with E-state index in [1.165, 1.54) is 12.4 Å². The molecule has 0 aromatic carbocycles. The van der Waals surface area contributed by atoms with Crippen molar-refractivity contribution < 1.29 is 9.59 Å². The quantitative estimate of drug-likeness (QED) is 0.705. The third-order valence-electron chi connectivity index (χ3n) is 2.31. The van der Waals surface area contributed by atoms with Crippen LogP contribution in [0.2, 0.25) is 0 Å². The van der Waals surface area contributed by atoms with Crippen molar-refractivity contribution in [2.75, 3.05) is 12.4 Å². The third-order valence-corrected chi connectivity index (χ3v) is 2.31. The number of hydrogen-bond acceptors (Lipinski definition) is 5. The Morgan fingerprint density at radius 3 is 2.26 bits per heavy atom. The van der Waals surface area contributed by atoms with Crippen molar-refractivity contribution in [2.24, 2.45) is 0 Å². The van der Waals surface area contributed by atoms with Gasteiger partial charge in [-0.15, -0.1) is 0 Å². The number of hydrogen-bond donors (Lipinski definition) is 3. The summed E-state index contributed by atoms with van der Waals surface area (Å²) in [7, 11) is 1.71. The van der Waals surface area contributed by atoms with E-state index in [1.54, 1.807) is 14.0 Å². The number of carbonyl (C=O) groups excluding carboxylic acids is 2. The summed E-state index contributed by atoms with van der Waals surface area (Å²) in [6.07, 6.45) is 2.81. The molecule has 0 aliphatic carbocycles. The highest BCUT2D eigenvalue weighted by Crippen LogP contribution is 2.00. The van der Waals surface area contributed by atoms with Crippen molar-refractivity contribution in [3.63, 3.8) is 0 Å². The molecule has 1 aromatic rings. The van der Waals surface area contributed by atoms with Crippen molar-refractivity contribution in [1.29, 1.82) is 0 Å². The molecule has 1 rings (SSSR count). The van der Waals surface area contributed by atoms with Crippen LogP contribution in [0.1, 0.15) is 31.3 Å². The summed E-state index contributed by atoms with van der Waals surface area (Å²) < 4.78 is 0. The van der Waals surface area contributed by atoms with Crippen molar-refractivity contribution in [3.05, 3.63) is 18.1 Å². The maximum Gasteiger partial charge on any atom is 0.272 e. The predicted molar refractivity (Wildman–Crippen MR) is 71.8 cm³/mol. The van der Waals surface area contributed by atoms with Gasteiger partial charge in [0.15, 0.2) is 0 Å². The van der Waals surface area contributed by atoms with E-state index in [9.17, 15) is 9.59 Å². The van der Waals surface area contributed by atoms with Crippen LogP contribution in [0.5, 0.6) is 0 Å². The van der Waals surface area contributed by atoms with Crippen molar-refractivity contribution >= 4 is 17.6 Å². The minimum atomic E-state index is -0.624. The number of carbonyl (C=O) groups is 2. The predicted octanol–water partition coefficient (Wildman–Crippen LogP) is 0.161. The Bertz CT molecular complexity index is 444. The summed E-state index contributed by atoms with van der Waals surface area (Å²) in [4.78, 5) is 31.4. The number of amides is 2. The Morgan fingerprint density at radius 2 is 1.79 bits per heavy atom. The molecule has 1 unspecified atom stereocenters. The molecule has 0 bridgehead atoms. The molecule has 0 spiro atoms. The Labute approximate surface area is 112 Å². The minimum absolute atomic E-state index is 0.0292. The fourth-order valence-corrected chi connectivity index (χ4v) is 1.32. The second-order valence-corrected chi connectivity index (χ2v) is 4.40. The van der Waals surface area contributed by atoms with Gasteiger partial charge in [-0.2, -0.15) is 0 Å². The molecule has 7 nitrogen and oxygen atoms in total. The van der Waals surface area contributed by atoms with Gasteiger partial charge < -0.3 is 16.0 Å². The fraction of sp³-hybridized carbons (Fsp3) is 0.500. The third kappa shape index (κ3) is 4.53. The fourth-order valence-electron chi connectivity index (χ4n) is 1.32. The molecule has 0 aliphatic rings. The summed E-state index contributed by atoms with van der Waals surface area (Å²) in [5.41, 5.74) is 0.170. The Hall–Kier alpha value is -2.18. The first-order valence-electron chi connectivity index (χ1n) is 6.05. The summed E-state index contributed by atoms with van der Waals surface area (Å²) in [5, 5.41) is 8.09. The first-order chi connectivity index (χ1) is 8.93. The normalized spacial score (nSPS) is 11.8. The van der Waals surface area contributed by atoms with E-state index in [2.05, 4.69) is 25.9 Å². The average molecular weight is 265 g/mol. The molecule has 1 aromatic heterocycles. The van der Waals surface area contributed by atoms with Gasteiger partial charge in [0, 0.05) is 13.1 Å². The van der Waals surface area contributed by atoms with Crippen molar-refractivity contribution in [2.45, 2.75) is 32.9 Å². The molecule has 0 fully saturated rings. The minimum Gasteiger partial charge on any atom is -0.372 e. The molecule has 0 radical (unpaired) electrons. The van der Waals surface area contributed by atoms with Gasteiger partial charge in [-0.25, -0.2) is 9.97 Å². The monoisotopic (exact) mass is 265 g/mol. The molecule has 2 amide bonds. The maximum absolute atomic E-state index is 11.8. The standard InChI is InChI=1S/C12H19N5O2/c1-7(2)16-11(18)8(3)17-12(19)9-5-15-10(13-4)6-14-9/h5-8H,1-4H3,(H,13,15)(H,16,18)(H,17,19). The van der Waals surface area contributed by atoms with Gasteiger partial charge in [-0.05, 0) is 20.8 Å². The number of aromatic nitrogens is 2. The van der Waals surface area contributed by atoms with E-state index in [0.29, 0.717) is 5.82 Å². The van der Waals surface area contributed by atoms with Crippen LogP contribution in [-0.4, -0.2) is 40.9 Å². The maximum atomic E-state index is 11.8. The number of rotatable bonds is 5. The summed E-state index contributed by atoms with van der Waals surface area (Å²) >= 11 is 0. The molecule has 1 heterocycles. The lowest BCUT2D eigenvalue weighted by molar-refractivity contribution is -0.123. The van der Waals surface area contributed by atoms with Gasteiger partial charge in [-0.3, -0.25) is 9.59 Å². The van der Waals surface area contributed by atoms with E-state index in [-0.39, 0.29) is 17.6 Å². The van der Waals surface area contributed by atoms with E-state index in [1.807, 2.05) is 13.8 Å². The van der Waals surface area contributed by atoms with Crippen LogP contribution >= 0.6 is 0 Å². The zero-order valence-electron chi connectivity index (χ0n) is 11.5. The van der Waals surface area contributed by atoms with Crippen LogP contribution < -0.4 is 16.0 Å². The van der Waals surface area contributed by atoms with Gasteiger partial charge in [0.1, 0.15) is 17.6 Å². The van der Waals surface area contributed by atoms with E-state index >= 15 is 0 Å². The summed E-state index contributed by atoms with van der Waals surface area (Å²) in [6.45, 7) is 5.33. The Balaban J connectivity index is 2.60. The molecule has 7 heteroatoms. The highest BCUT2D eigenvalue weighted by atomic mass is 16.2. The van der Waals surface area contributed by atoms with E-state index < -0.39 is 11.9 Å². The van der Waals surface area contributed by atoms with Crippen LogP contribution in [-0.2, 0) is 4.79 Å². The topological polar surface area (TPSA) is 96.0 Å². The molecular weight excluding hydrogens is 246 g/mol. The van der Waals surface area contributed by atoms with Gasteiger partial charge in [0.05, 0.1) is 12.4 Å². The van der Waals surface area contributed by atoms with E-state index in [4.69, 9.17) is 0 Å². The number of nitrogens with one attached hydrogen (secondary N) is 3. The lowest BCUT2D eigenvalue weighted by Crippen LogP contribution is -2.46. The second kappa shape index (κ2) is 6.67. The Morgan fingerprint density at radius 1 is 1.11 bits per heavy atom. The second-order valence-electron chi connectivity index (χ2n) is 4.40. The zero-order valence-corrected chi connectivity index (χ0v) is 11.5. The SMILES string of the molecule is CNc1cnc(C(=O)NC(C)C(=O)NC(C)C)cn1. The van der Waals surface area contributed by atoms with Gasteiger partial charge in [0.2, 0.25) is 5.91 Å². The van der Waals surface area contributed by atoms with Gasteiger partial charge in [-0.1, -0.05) is 0 Å². The van der Waals surface area contributed by atoms with E-state index in [0.717, 1.165) is 0 Å². The summed E-state index contributed by atoms with van der Waals surface area (Å²) in [5.74, 6) is -0.0909. The van der Waals surface area contributed by atoms with Crippen LogP contribution in [0.25, 0.3) is 0 Å². The first kappa shape index (κ1) is 14.9. The molecule has 0 saturated heterocycles. The zero-order chi connectivity index (χ0) is 14.4. The molecule has 0 saturated carbocycles. The lowest BCUT2D eigenvalue weighted by atomic mass is 10.2. The Kier molecular flexibility index (Phi) is 5.23. The highest BCUT2D eigenvalue weighted by Gasteiger charge is 2.17. The van der Waals surface area contributed by atoms with Crippen molar-refractivity contribution in [3.8, 4) is 0 Å². The van der Waals surface area contributed by atoms with Gasteiger partial charge in [0.25, 0.3) is 5.91 Å². The highest BCUT2D eigenvalue weighted by molar-refractivity contribution is 5.95. The number of anilines is 1. The molecule has 0 aliphatic heterocycles. The van der Waals surface area contributed by atoms with Gasteiger partial charge >= 0.3 is 0 Å². The molecule has 104 valence electrons. The van der Waals surface area contributed by atoms with Crippen LogP contribution in [0, 0.1) is 0 Å².